The SMILES string of the molecule is CSc1ccc([N+]#N)cc1.F[B-](F)(F)F. The molecule has 8 heteroatoms. The van der Waals surface area contributed by atoms with Crippen LogP contribution in [-0.2, 0) is 0 Å². The molecule has 2 nitrogen and oxygen atoms in total. The van der Waals surface area contributed by atoms with Crippen LogP contribution in [-0.4, -0.2) is 13.5 Å². The molecule has 1 aromatic carbocycles. The van der Waals surface area contributed by atoms with Gasteiger partial charge in [-0.3, -0.25) is 0 Å². The Kier molecular flexibility index (Phi) is 5.78. The normalized spacial score (nSPS) is 9.87. The molecule has 0 atom stereocenters. The van der Waals surface area contributed by atoms with Crippen LogP contribution < -0.4 is 0 Å². The fourth-order valence-corrected chi connectivity index (χ4v) is 1.06. The van der Waals surface area contributed by atoms with Gasteiger partial charge in [0.2, 0.25) is 5.39 Å². The molecule has 0 fully saturated rings. The molecule has 0 aliphatic rings. The van der Waals surface area contributed by atoms with Crippen LogP contribution in [0.3, 0.4) is 0 Å². The van der Waals surface area contributed by atoms with Crippen molar-refractivity contribution in [2.75, 3.05) is 6.26 Å². The molecule has 82 valence electrons. The Morgan fingerprint density at radius 3 is 1.80 bits per heavy atom. The number of rotatable bonds is 1. The number of hydrogen-bond acceptors (Lipinski definition) is 2. The van der Waals surface area contributed by atoms with Crippen LogP contribution in [0.15, 0.2) is 29.2 Å². The van der Waals surface area contributed by atoms with Gasteiger partial charge in [-0.2, -0.15) is 0 Å². The van der Waals surface area contributed by atoms with E-state index in [4.69, 9.17) is 5.39 Å². The molecule has 0 aromatic heterocycles. The van der Waals surface area contributed by atoms with E-state index in [0.717, 1.165) is 0 Å². The van der Waals surface area contributed by atoms with Gasteiger partial charge in [0.05, 0.1) is 0 Å². The fourth-order valence-electron chi connectivity index (χ4n) is 0.649. The Hall–Kier alpha value is -1.23. The van der Waals surface area contributed by atoms with Gasteiger partial charge in [-0.1, -0.05) is 0 Å². The minimum atomic E-state index is -6.00. The van der Waals surface area contributed by atoms with Crippen molar-refractivity contribution in [1.82, 2.24) is 0 Å². The maximum Gasteiger partial charge on any atom is 0.673 e. The zero-order valence-corrected chi connectivity index (χ0v) is 8.52. The van der Waals surface area contributed by atoms with Crippen LogP contribution in [0.1, 0.15) is 0 Å². The second-order valence-corrected chi connectivity index (χ2v) is 3.17. The molecule has 0 aliphatic heterocycles. The van der Waals surface area contributed by atoms with Gasteiger partial charge >= 0.3 is 12.9 Å². The average molecular weight is 238 g/mol. The van der Waals surface area contributed by atoms with Crippen molar-refractivity contribution in [3.05, 3.63) is 29.2 Å². The molecule has 0 N–H and O–H groups in total. The van der Waals surface area contributed by atoms with Crippen LogP contribution in [0.4, 0.5) is 23.0 Å². The maximum atomic E-state index is 9.75. The maximum absolute atomic E-state index is 9.75. The van der Waals surface area contributed by atoms with Gasteiger partial charge < -0.3 is 17.3 Å². The van der Waals surface area contributed by atoms with Crippen LogP contribution in [0.25, 0.3) is 4.98 Å². The quantitative estimate of drug-likeness (QED) is 0.317. The predicted octanol–water partition coefficient (Wildman–Crippen LogP) is 4.19. The predicted molar refractivity (Wildman–Crippen MR) is 53.2 cm³/mol. The number of diazo groups is 1. The van der Waals surface area contributed by atoms with E-state index in [-0.39, 0.29) is 0 Å². The van der Waals surface area contributed by atoms with Crippen molar-refractivity contribution in [3.63, 3.8) is 0 Å². The molecule has 0 amide bonds. The molecule has 0 saturated carbocycles. The molecule has 0 saturated heterocycles. The summed E-state index contributed by atoms with van der Waals surface area (Å²) >= 11 is 1.66. The van der Waals surface area contributed by atoms with Gasteiger partial charge in [-0.15, -0.1) is 11.8 Å². The van der Waals surface area contributed by atoms with Gasteiger partial charge in [-0.25, -0.2) is 0 Å². The third kappa shape index (κ3) is 9.09. The van der Waals surface area contributed by atoms with Gasteiger partial charge in [0, 0.05) is 17.0 Å². The molecule has 0 heterocycles. The van der Waals surface area contributed by atoms with Crippen LogP contribution in [0, 0.1) is 5.39 Å². The molecule has 0 aliphatic carbocycles. The first-order chi connectivity index (χ1) is 6.86. The van der Waals surface area contributed by atoms with Crippen molar-refractivity contribution < 1.29 is 17.3 Å². The average Bonchev–Trinajstić information content (AvgIpc) is 2.15. The topological polar surface area (TPSA) is 28.1 Å². The summed E-state index contributed by atoms with van der Waals surface area (Å²) in [5.41, 5.74) is 0.595. The molecule has 0 unspecified atom stereocenters. The standard InChI is InChI=1S/C7H7N2S.BF4/c1-10-7-4-2-6(9-8)3-5-7;2-1(3,4)5/h2-5H,1H3;/q+1;-1. The molecule has 15 heavy (non-hydrogen) atoms. The molecule has 0 bridgehead atoms. The van der Waals surface area contributed by atoms with Crippen molar-refractivity contribution in [1.29, 1.82) is 5.39 Å². The number of halogens is 4. The molecule has 0 radical (unpaired) electrons. The third-order valence-corrected chi connectivity index (χ3v) is 1.93. The van der Waals surface area contributed by atoms with Crippen molar-refractivity contribution in [2.24, 2.45) is 0 Å². The Labute approximate surface area is 88.4 Å². The lowest BCUT2D eigenvalue weighted by Crippen LogP contribution is -2.02. The second-order valence-electron chi connectivity index (χ2n) is 2.29. The van der Waals surface area contributed by atoms with E-state index in [2.05, 4.69) is 4.98 Å². The summed E-state index contributed by atoms with van der Waals surface area (Å²) in [7, 11) is -6.00. The number of hydrogen-bond donors (Lipinski definition) is 0. The summed E-state index contributed by atoms with van der Waals surface area (Å²) in [5, 5.41) is 8.32. The summed E-state index contributed by atoms with van der Waals surface area (Å²) in [4.78, 5) is 4.21. The summed E-state index contributed by atoms with van der Waals surface area (Å²) in [6, 6.07) is 7.37. The van der Waals surface area contributed by atoms with Crippen LogP contribution >= 0.6 is 11.8 Å². The van der Waals surface area contributed by atoms with E-state index < -0.39 is 7.25 Å². The summed E-state index contributed by atoms with van der Waals surface area (Å²) in [6.45, 7) is 0. The second kappa shape index (κ2) is 6.29. The molecule has 0 spiro atoms. The van der Waals surface area contributed by atoms with E-state index in [9.17, 15) is 17.3 Å². The number of benzene rings is 1. The Bertz CT molecular complexity index is 326. The van der Waals surface area contributed by atoms with Crippen molar-refractivity contribution in [3.8, 4) is 0 Å². The highest BCUT2D eigenvalue weighted by Gasteiger charge is 2.20. The van der Waals surface area contributed by atoms with E-state index in [1.807, 2.05) is 18.4 Å². The van der Waals surface area contributed by atoms with Gasteiger partial charge in [0.15, 0.2) is 4.98 Å². The van der Waals surface area contributed by atoms with E-state index in [1.54, 1.807) is 23.9 Å². The number of nitrogens with zero attached hydrogens (tertiary/aromatic N) is 2. The Morgan fingerprint density at radius 2 is 1.53 bits per heavy atom. The molecule has 1 aromatic rings. The fraction of sp³-hybridized carbons (Fsp3) is 0.143. The highest BCUT2D eigenvalue weighted by Crippen LogP contribution is 2.18. The lowest BCUT2D eigenvalue weighted by atomic mass is 10.3. The van der Waals surface area contributed by atoms with Gasteiger partial charge in [0.1, 0.15) is 0 Å². The highest BCUT2D eigenvalue weighted by molar-refractivity contribution is 7.98. The smallest absolute Gasteiger partial charge is 0.418 e. The first-order valence-electron chi connectivity index (χ1n) is 3.73. The zero-order chi connectivity index (χ0) is 11.9. The minimum Gasteiger partial charge on any atom is -0.418 e. The minimum absolute atomic E-state index is 0.595. The summed E-state index contributed by atoms with van der Waals surface area (Å²) in [5.74, 6) is 0. The lowest BCUT2D eigenvalue weighted by Gasteiger charge is -1.94. The van der Waals surface area contributed by atoms with E-state index >= 15 is 0 Å². The first kappa shape index (κ1) is 13.8. The number of thioether (sulfide) groups is 1. The van der Waals surface area contributed by atoms with Crippen molar-refractivity contribution >= 4 is 24.7 Å². The highest BCUT2D eigenvalue weighted by atomic mass is 32.2. The third-order valence-electron chi connectivity index (χ3n) is 1.19. The zero-order valence-electron chi connectivity index (χ0n) is 7.70. The van der Waals surface area contributed by atoms with Crippen LogP contribution in [0.2, 0.25) is 0 Å². The lowest BCUT2D eigenvalue weighted by molar-refractivity contribution is 0.368. The van der Waals surface area contributed by atoms with Gasteiger partial charge in [0.25, 0.3) is 0 Å². The Balaban J connectivity index is 0.000000336. The molecular weight excluding hydrogens is 231 g/mol. The molecule has 1 rings (SSSR count). The monoisotopic (exact) mass is 238 g/mol. The van der Waals surface area contributed by atoms with Gasteiger partial charge in [-0.05, 0) is 18.4 Å². The molecular formula is C7H7BF4N2S. The largest absolute Gasteiger partial charge is 0.673 e. The Morgan fingerprint density at radius 1 is 1.13 bits per heavy atom. The summed E-state index contributed by atoms with van der Waals surface area (Å²) in [6.07, 6.45) is 2.01. The van der Waals surface area contributed by atoms with E-state index in [1.165, 1.54) is 4.90 Å². The van der Waals surface area contributed by atoms with Crippen LogP contribution in [0.5, 0.6) is 0 Å². The summed E-state index contributed by atoms with van der Waals surface area (Å²) < 4.78 is 39.0. The first-order valence-corrected chi connectivity index (χ1v) is 4.95. The van der Waals surface area contributed by atoms with E-state index in [0.29, 0.717) is 5.69 Å². The van der Waals surface area contributed by atoms with Crippen molar-refractivity contribution in [2.45, 2.75) is 4.90 Å².